The van der Waals surface area contributed by atoms with Crippen molar-refractivity contribution >= 4 is 5.91 Å². The summed E-state index contributed by atoms with van der Waals surface area (Å²) in [6.45, 7) is 6.83. The zero-order valence-electron chi connectivity index (χ0n) is 14.0. The first-order valence-electron chi connectivity index (χ1n) is 7.90. The average molecular weight is 335 g/mol. The molecule has 24 heavy (non-hydrogen) atoms. The minimum absolute atomic E-state index is 0.149. The lowest BCUT2D eigenvalue weighted by Gasteiger charge is -2.31. The number of aryl methyl sites for hydroxylation is 3. The van der Waals surface area contributed by atoms with Crippen molar-refractivity contribution in [3.8, 4) is 0 Å². The standard InChI is InChI=1S/C16H21N3O5/c1-9-6-14(19-23-9)16(20)17-13-4-5-21-8-15(13)22-7-12-10(2)18-24-11(12)3/h6,13,15H,4-5,7-8H2,1-3H3,(H,17,20)/t13-,15-/m1/s1. The molecule has 0 saturated carbocycles. The van der Waals surface area contributed by atoms with Gasteiger partial charge >= 0.3 is 0 Å². The maximum absolute atomic E-state index is 12.3. The van der Waals surface area contributed by atoms with Gasteiger partial charge in [0.1, 0.15) is 17.6 Å². The summed E-state index contributed by atoms with van der Waals surface area (Å²) in [5.41, 5.74) is 2.00. The monoisotopic (exact) mass is 335 g/mol. The fraction of sp³-hybridized carbons (Fsp3) is 0.562. The van der Waals surface area contributed by atoms with Gasteiger partial charge in [0.2, 0.25) is 0 Å². The Bertz CT molecular complexity index is 689. The molecule has 0 spiro atoms. The van der Waals surface area contributed by atoms with Gasteiger partial charge in [0.15, 0.2) is 5.69 Å². The van der Waals surface area contributed by atoms with Crippen molar-refractivity contribution in [2.75, 3.05) is 13.2 Å². The first kappa shape index (κ1) is 16.7. The predicted molar refractivity (Wildman–Crippen MR) is 82.5 cm³/mol. The van der Waals surface area contributed by atoms with E-state index in [2.05, 4.69) is 15.6 Å². The summed E-state index contributed by atoms with van der Waals surface area (Å²) in [4.78, 5) is 12.3. The number of ether oxygens (including phenoxy) is 2. The predicted octanol–water partition coefficient (Wildman–Crippen LogP) is 1.69. The number of carbonyl (C=O) groups excluding carboxylic acids is 1. The second-order valence-corrected chi connectivity index (χ2v) is 5.92. The minimum Gasteiger partial charge on any atom is -0.379 e. The van der Waals surface area contributed by atoms with Crippen molar-refractivity contribution in [3.63, 3.8) is 0 Å². The van der Waals surface area contributed by atoms with Gasteiger partial charge in [-0.2, -0.15) is 0 Å². The quantitative estimate of drug-likeness (QED) is 0.887. The van der Waals surface area contributed by atoms with Crippen LogP contribution >= 0.6 is 0 Å². The molecule has 1 amide bonds. The molecule has 1 saturated heterocycles. The molecule has 0 aromatic carbocycles. The van der Waals surface area contributed by atoms with Crippen molar-refractivity contribution in [3.05, 3.63) is 34.5 Å². The van der Waals surface area contributed by atoms with Gasteiger partial charge in [-0.1, -0.05) is 10.3 Å². The number of aromatic nitrogens is 2. The molecule has 2 aromatic heterocycles. The van der Waals surface area contributed by atoms with Crippen LogP contribution in [-0.4, -0.2) is 41.6 Å². The lowest BCUT2D eigenvalue weighted by Crippen LogP contribution is -2.50. The van der Waals surface area contributed by atoms with E-state index in [-0.39, 0.29) is 23.7 Å². The highest BCUT2D eigenvalue weighted by molar-refractivity contribution is 5.92. The third-order valence-electron chi connectivity index (χ3n) is 4.10. The second kappa shape index (κ2) is 7.14. The van der Waals surface area contributed by atoms with E-state index in [0.29, 0.717) is 32.0 Å². The number of rotatable bonds is 5. The molecule has 3 rings (SSSR count). The van der Waals surface area contributed by atoms with Crippen molar-refractivity contribution in [2.45, 2.75) is 45.9 Å². The lowest BCUT2D eigenvalue weighted by atomic mass is 10.1. The minimum atomic E-state index is -0.273. The summed E-state index contributed by atoms with van der Waals surface area (Å²) in [6.07, 6.45) is 0.430. The van der Waals surface area contributed by atoms with Crippen LogP contribution in [0.5, 0.6) is 0 Å². The SMILES string of the molecule is Cc1cc(C(=O)N[C@@H]2CCOC[C@H]2OCc2c(C)noc2C)no1. The van der Waals surface area contributed by atoms with Crippen LogP contribution < -0.4 is 5.32 Å². The molecule has 1 fully saturated rings. The maximum Gasteiger partial charge on any atom is 0.273 e. The third kappa shape index (κ3) is 3.65. The molecule has 0 unspecified atom stereocenters. The number of amides is 1. The van der Waals surface area contributed by atoms with Gasteiger partial charge in [0.05, 0.1) is 24.9 Å². The van der Waals surface area contributed by atoms with Crippen LogP contribution in [0.2, 0.25) is 0 Å². The summed E-state index contributed by atoms with van der Waals surface area (Å²) in [7, 11) is 0. The molecule has 8 nitrogen and oxygen atoms in total. The van der Waals surface area contributed by atoms with Crippen molar-refractivity contribution in [1.82, 2.24) is 15.6 Å². The highest BCUT2D eigenvalue weighted by Gasteiger charge is 2.29. The Morgan fingerprint density at radius 3 is 2.83 bits per heavy atom. The average Bonchev–Trinajstić information content (AvgIpc) is 3.13. The van der Waals surface area contributed by atoms with Gasteiger partial charge in [0.25, 0.3) is 5.91 Å². The Kier molecular flexibility index (Phi) is 4.96. The zero-order chi connectivity index (χ0) is 17.1. The summed E-state index contributed by atoms with van der Waals surface area (Å²) in [5.74, 6) is 1.06. The van der Waals surface area contributed by atoms with E-state index in [1.165, 1.54) is 0 Å². The van der Waals surface area contributed by atoms with Crippen LogP contribution in [0.3, 0.4) is 0 Å². The summed E-state index contributed by atoms with van der Waals surface area (Å²) in [5, 5.41) is 10.6. The summed E-state index contributed by atoms with van der Waals surface area (Å²) >= 11 is 0. The molecule has 2 atom stereocenters. The molecular weight excluding hydrogens is 314 g/mol. The molecule has 0 radical (unpaired) electrons. The molecule has 2 aromatic rings. The molecule has 0 bridgehead atoms. The van der Waals surface area contributed by atoms with Crippen molar-refractivity contribution in [1.29, 1.82) is 0 Å². The van der Waals surface area contributed by atoms with E-state index in [1.807, 2.05) is 13.8 Å². The molecular formula is C16H21N3O5. The van der Waals surface area contributed by atoms with E-state index >= 15 is 0 Å². The number of nitrogens with one attached hydrogen (secondary N) is 1. The Morgan fingerprint density at radius 2 is 2.17 bits per heavy atom. The van der Waals surface area contributed by atoms with E-state index < -0.39 is 0 Å². The number of carbonyl (C=O) groups is 1. The zero-order valence-corrected chi connectivity index (χ0v) is 14.0. The van der Waals surface area contributed by atoms with E-state index in [4.69, 9.17) is 18.5 Å². The van der Waals surface area contributed by atoms with Gasteiger partial charge in [-0.05, 0) is 27.2 Å². The number of hydrogen-bond donors (Lipinski definition) is 1. The van der Waals surface area contributed by atoms with Gasteiger partial charge < -0.3 is 23.8 Å². The highest BCUT2D eigenvalue weighted by atomic mass is 16.5. The topological polar surface area (TPSA) is 99.6 Å². The highest BCUT2D eigenvalue weighted by Crippen LogP contribution is 2.18. The number of nitrogens with zero attached hydrogens (tertiary/aromatic N) is 2. The number of hydrogen-bond acceptors (Lipinski definition) is 7. The Labute approximate surface area is 139 Å². The van der Waals surface area contributed by atoms with Gasteiger partial charge in [0, 0.05) is 18.2 Å². The molecule has 3 heterocycles. The first-order chi connectivity index (χ1) is 11.5. The molecule has 8 heteroatoms. The van der Waals surface area contributed by atoms with Gasteiger partial charge in [-0.3, -0.25) is 4.79 Å². The van der Waals surface area contributed by atoms with Crippen LogP contribution in [0.1, 0.15) is 39.7 Å². The molecule has 0 aliphatic carbocycles. The third-order valence-corrected chi connectivity index (χ3v) is 4.10. The van der Waals surface area contributed by atoms with E-state index in [9.17, 15) is 4.79 Å². The smallest absolute Gasteiger partial charge is 0.273 e. The van der Waals surface area contributed by atoms with Gasteiger partial charge in [-0.25, -0.2) is 0 Å². The van der Waals surface area contributed by atoms with Crippen molar-refractivity contribution < 1.29 is 23.3 Å². The summed E-state index contributed by atoms with van der Waals surface area (Å²) < 4.78 is 21.5. The fourth-order valence-electron chi connectivity index (χ4n) is 2.66. The van der Waals surface area contributed by atoms with Gasteiger partial charge in [-0.15, -0.1) is 0 Å². The van der Waals surface area contributed by atoms with Crippen LogP contribution in [0, 0.1) is 20.8 Å². The molecule has 1 aliphatic rings. The Morgan fingerprint density at radius 1 is 1.33 bits per heavy atom. The van der Waals surface area contributed by atoms with Crippen LogP contribution in [-0.2, 0) is 16.1 Å². The normalized spacial score (nSPS) is 21.0. The molecule has 130 valence electrons. The molecule has 1 N–H and O–H groups in total. The Hall–Kier alpha value is -2.19. The second-order valence-electron chi connectivity index (χ2n) is 5.92. The lowest BCUT2D eigenvalue weighted by molar-refractivity contribution is -0.0739. The van der Waals surface area contributed by atoms with Crippen LogP contribution in [0.15, 0.2) is 15.1 Å². The molecule has 1 aliphatic heterocycles. The van der Waals surface area contributed by atoms with Crippen molar-refractivity contribution in [2.24, 2.45) is 0 Å². The Balaban J connectivity index is 1.62. The maximum atomic E-state index is 12.3. The summed E-state index contributed by atoms with van der Waals surface area (Å²) in [6, 6.07) is 1.46. The van der Waals surface area contributed by atoms with Crippen LogP contribution in [0.25, 0.3) is 0 Å². The van der Waals surface area contributed by atoms with E-state index in [1.54, 1.807) is 13.0 Å². The van der Waals surface area contributed by atoms with Crippen LogP contribution in [0.4, 0.5) is 0 Å². The fourth-order valence-corrected chi connectivity index (χ4v) is 2.66. The van der Waals surface area contributed by atoms with E-state index in [0.717, 1.165) is 17.0 Å². The first-order valence-corrected chi connectivity index (χ1v) is 7.90. The largest absolute Gasteiger partial charge is 0.379 e.